The lowest BCUT2D eigenvalue weighted by Crippen LogP contribution is -1.94. The minimum absolute atomic E-state index is 0.119. The molecule has 54 valence electrons. The summed E-state index contributed by atoms with van der Waals surface area (Å²) >= 11 is 14.0. The molecule has 0 aromatic carbocycles. The Morgan fingerprint density at radius 3 is 2.30 bits per heavy atom. The molecule has 0 aliphatic rings. The van der Waals surface area contributed by atoms with Gasteiger partial charge in [-0.1, -0.05) is 23.2 Å². The topological polar surface area (TPSA) is 51.8 Å². The fraction of sp³-hybridized carbons (Fsp3) is 0. The first-order valence-electron chi connectivity index (χ1n) is 2.25. The molecule has 1 heterocycles. The van der Waals surface area contributed by atoms with Crippen LogP contribution in [0.3, 0.4) is 0 Å². The molecule has 3 nitrogen and oxygen atoms in total. The molecule has 1 aromatic heterocycles. The van der Waals surface area contributed by atoms with E-state index in [2.05, 4.69) is 25.9 Å². The van der Waals surface area contributed by atoms with Gasteiger partial charge in [0.25, 0.3) is 0 Å². The summed E-state index contributed by atoms with van der Waals surface area (Å²) < 4.78 is 0.399. The number of aromatic nitrogens is 2. The van der Waals surface area contributed by atoms with E-state index in [0.717, 1.165) is 0 Å². The van der Waals surface area contributed by atoms with Gasteiger partial charge >= 0.3 is 0 Å². The van der Waals surface area contributed by atoms with E-state index in [1.807, 2.05) is 0 Å². The number of anilines is 1. The Kier molecular flexibility index (Phi) is 2.33. The zero-order chi connectivity index (χ0) is 7.72. The molecule has 0 radical (unpaired) electrons. The van der Waals surface area contributed by atoms with Crippen LogP contribution in [0, 0.1) is 0 Å². The summed E-state index contributed by atoms with van der Waals surface area (Å²) in [6.07, 6.45) is 0. The minimum atomic E-state index is 0.119. The minimum Gasteiger partial charge on any atom is -0.381 e. The summed E-state index contributed by atoms with van der Waals surface area (Å²) in [5, 5.41) is 0.326. The molecule has 0 spiro atoms. The molecular weight excluding hydrogens is 241 g/mol. The van der Waals surface area contributed by atoms with Crippen LogP contribution in [0.2, 0.25) is 10.3 Å². The largest absolute Gasteiger partial charge is 0.381 e. The maximum absolute atomic E-state index is 5.53. The van der Waals surface area contributed by atoms with E-state index >= 15 is 0 Å². The van der Waals surface area contributed by atoms with Crippen LogP contribution in [-0.4, -0.2) is 9.97 Å². The van der Waals surface area contributed by atoms with Gasteiger partial charge < -0.3 is 5.73 Å². The number of nitrogens with zero attached hydrogens (tertiary/aromatic N) is 2. The maximum atomic E-state index is 5.53. The predicted molar refractivity (Wildman–Crippen MR) is 44.2 cm³/mol. The molecule has 2 N–H and O–H groups in total. The molecule has 0 bridgehead atoms. The molecular formula is C4H2BrCl2N3. The van der Waals surface area contributed by atoms with E-state index in [-0.39, 0.29) is 16.1 Å². The molecule has 0 aliphatic heterocycles. The van der Waals surface area contributed by atoms with Gasteiger partial charge in [-0.25, -0.2) is 9.97 Å². The summed E-state index contributed by atoms with van der Waals surface area (Å²) in [7, 11) is 0. The van der Waals surface area contributed by atoms with Crippen molar-refractivity contribution < 1.29 is 0 Å². The molecule has 0 fully saturated rings. The van der Waals surface area contributed by atoms with Gasteiger partial charge in [0.2, 0.25) is 0 Å². The average Bonchev–Trinajstić information content (AvgIpc) is 1.84. The lowest BCUT2D eigenvalue weighted by atomic mass is 10.7. The number of rotatable bonds is 0. The van der Waals surface area contributed by atoms with Crippen molar-refractivity contribution in [3.63, 3.8) is 0 Å². The second-order valence-corrected chi connectivity index (χ2v) is 2.95. The van der Waals surface area contributed by atoms with Gasteiger partial charge in [-0.3, -0.25) is 0 Å². The molecule has 10 heavy (non-hydrogen) atoms. The summed E-state index contributed by atoms with van der Waals surface area (Å²) in [6.45, 7) is 0. The van der Waals surface area contributed by atoms with Crippen LogP contribution in [0.25, 0.3) is 0 Å². The predicted octanol–water partition coefficient (Wildman–Crippen LogP) is 2.13. The Morgan fingerprint density at radius 1 is 1.20 bits per heavy atom. The lowest BCUT2D eigenvalue weighted by molar-refractivity contribution is 1.18. The first-order valence-corrected chi connectivity index (χ1v) is 3.80. The molecule has 0 amide bonds. The summed E-state index contributed by atoms with van der Waals surface area (Å²) in [6, 6.07) is 0. The van der Waals surface area contributed by atoms with E-state index < -0.39 is 0 Å². The van der Waals surface area contributed by atoms with Crippen molar-refractivity contribution >= 4 is 44.9 Å². The van der Waals surface area contributed by atoms with E-state index in [1.165, 1.54) is 0 Å². The zero-order valence-electron chi connectivity index (χ0n) is 4.61. The number of halogens is 3. The second kappa shape index (κ2) is 2.90. The van der Waals surface area contributed by atoms with Gasteiger partial charge in [0.1, 0.15) is 4.60 Å². The van der Waals surface area contributed by atoms with Gasteiger partial charge in [-0.2, -0.15) is 0 Å². The van der Waals surface area contributed by atoms with Crippen molar-refractivity contribution in [2.24, 2.45) is 0 Å². The summed E-state index contributed by atoms with van der Waals surface area (Å²) in [4.78, 5) is 7.41. The van der Waals surface area contributed by atoms with Crippen molar-refractivity contribution in [3.05, 3.63) is 14.9 Å². The van der Waals surface area contributed by atoms with Crippen molar-refractivity contribution in [1.82, 2.24) is 9.97 Å². The number of hydrogen-bond acceptors (Lipinski definition) is 3. The molecule has 0 unspecified atom stereocenters. The van der Waals surface area contributed by atoms with Crippen LogP contribution in [0.15, 0.2) is 4.60 Å². The van der Waals surface area contributed by atoms with Crippen LogP contribution < -0.4 is 5.73 Å². The molecule has 1 rings (SSSR count). The van der Waals surface area contributed by atoms with E-state index in [0.29, 0.717) is 4.60 Å². The highest BCUT2D eigenvalue weighted by Crippen LogP contribution is 2.22. The van der Waals surface area contributed by atoms with Gasteiger partial charge in [-0.05, 0) is 15.9 Å². The lowest BCUT2D eigenvalue weighted by Gasteiger charge is -1.97. The van der Waals surface area contributed by atoms with E-state index in [4.69, 9.17) is 28.9 Å². The Balaban J connectivity index is 3.28. The number of nitrogen functional groups attached to an aromatic ring is 1. The highest BCUT2D eigenvalue weighted by molar-refractivity contribution is 9.10. The Labute approximate surface area is 75.7 Å². The van der Waals surface area contributed by atoms with Gasteiger partial charge in [0.05, 0.1) is 0 Å². The van der Waals surface area contributed by atoms with Crippen LogP contribution in [0.1, 0.15) is 0 Å². The zero-order valence-corrected chi connectivity index (χ0v) is 7.70. The van der Waals surface area contributed by atoms with Crippen molar-refractivity contribution in [1.29, 1.82) is 0 Å². The smallest absolute Gasteiger partial charge is 0.172 e. The quantitative estimate of drug-likeness (QED) is 0.759. The third-order valence-electron chi connectivity index (χ3n) is 0.797. The van der Waals surface area contributed by atoms with Crippen molar-refractivity contribution in [2.75, 3.05) is 5.73 Å². The number of nitrogens with two attached hydrogens (primary N) is 1. The molecule has 0 aliphatic carbocycles. The standard InChI is InChI=1S/C4H2BrCl2N3/c5-1-2(6)10-3(7)4(8)9-1/h(H2,8,9). The first kappa shape index (κ1) is 8.04. The number of hydrogen-bond donors (Lipinski definition) is 1. The first-order chi connectivity index (χ1) is 4.61. The van der Waals surface area contributed by atoms with Crippen LogP contribution in [-0.2, 0) is 0 Å². The fourth-order valence-electron chi connectivity index (χ4n) is 0.388. The van der Waals surface area contributed by atoms with Crippen LogP contribution in [0.4, 0.5) is 5.82 Å². The summed E-state index contributed by atoms with van der Waals surface area (Å²) in [5.41, 5.74) is 5.30. The van der Waals surface area contributed by atoms with Gasteiger partial charge in [0, 0.05) is 0 Å². The van der Waals surface area contributed by atoms with E-state index in [9.17, 15) is 0 Å². The third kappa shape index (κ3) is 1.51. The van der Waals surface area contributed by atoms with Crippen molar-refractivity contribution in [2.45, 2.75) is 0 Å². The van der Waals surface area contributed by atoms with Crippen LogP contribution in [0.5, 0.6) is 0 Å². The van der Waals surface area contributed by atoms with Gasteiger partial charge in [-0.15, -0.1) is 0 Å². The van der Waals surface area contributed by atoms with E-state index in [1.54, 1.807) is 0 Å². The Bertz CT molecular complexity index is 215. The Hall–Kier alpha value is -0.0600. The molecule has 0 atom stereocenters. The van der Waals surface area contributed by atoms with Crippen LogP contribution >= 0.6 is 39.1 Å². The highest BCUT2D eigenvalue weighted by Gasteiger charge is 2.04. The Morgan fingerprint density at radius 2 is 1.80 bits per heavy atom. The molecule has 1 aromatic rings. The maximum Gasteiger partial charge on any atom is 0.172 e. The highest BCUT2D eigenvalue weighted by atomic mass is 79.9. The molecule has 6 heteroatoms. The van der Waals surface area contributed by atoms with Crippen molar-refractivity contribution in [3.8, 4) is 0 Å². The molecule has 0 saturated heterocycles. The SMILES string of the molecule is Nc1nc(Br)c(Cl)nc1Cl. The van der Waals surface area contributed by atoms with Gasteiger partial charge in [0.15, 0.2) is 16.1 Å². The normalized spacial score (nSPS) is 9.90. The average molecular weight is 243 g/mol. The monoisotopic (exact) mass is 241 g/mol. The molecule has 0 saturated carbocycles. The third-order valence-corrected chi connectivity index (χ3v) is 2.12. The fourth-order valence-corrected chi connectivity index (χ4v) is 0.964. The second-order valence-electron chi connectivity index (χ2n) is 1.48. The summed E-state index contributed by atoms with van der Waals surface area (Å²) in [5.74, 6) is 0.165.